The lowest BCUT2D eigenvalue weighted by molar-refractivity contribution is 0.328. The van der Waals surface area contributed by atoms with Crippen LogP contribution in [0.5, 0.6) is 5.75 Å². The number of halogens is 1. The molecule has 0 radical (unpaired) electrons. The molecule has 0 aromatic heterocycles. The first kappa shape index (κ1) is 13.8. The molecule has 2 rings (SSSR count). The van der Waals surface area contributed by atoms with Gasteiger partial charge in [-0.3, -0.25) is 0 Å². The monoisotopic (exact) mass is 312 g/mol. The van der Waals surface area contributed by atoms with Crippen molar-refractivity contribution in [2.45, 2.75) is 25.3 Å². The third-order valence-electron chi connectivity index (χ3n) is 3.64. The predicted molar refractivity (Wildman–Crippen MR) is 77.8 cm³/mol. The van der Waals surface area contributed by atoms with Gasteiger partial charge in [-0.2, -0.15) is 0 Å². The quantitative estimate of drug-likeness (QED) is 0.898. The van der Waals surface area contributed by atoms with E-state index in [4.69, 9.17) is 10.5 Å². The van der Waals surface area contributed by atoms with Crippen molar-refractivity contribution in [3.8, 4) is 5.75 Å². The third-order valence-corrected chi connectivity index (χ3v) is 4.13. The summed E-state index contributed by atoms with van der Waals surface area (Å²) in [6.45, 7) is 2.24. The largest absolute Gasteiger partial charge is 0.496 e. The number of piperidine rings is 1. The van der Waals surface area contributed by atoms with Crippen molar-refractivity contribution in [3.05, 3.63) is 28.2 Å². The van der Waals surface area contributed by atoms with Crippen molar-refractivity contribution < 1.29 is 4.74 Å². The van der Waals surface area contributed by atoms with E-state index in [0.29, 0.717) is 0 Å². The zero-order chi connectivity index (χ0) is 13.0. The second-order valence-corrected chi connectivity index (χ2v) is 5.84. The fraction of sp³-hybridized carbons (Fsp3) is 0.571. The van der Waals surface area contributed by atoms with E-state index in [0.717, 1.165) is 41.2 Å². The summed E-state index contributed by atoms with van der Waals surface area (Å²) >= 11 is 3.50. The minimum atomic E-state index is 0.0561. The van der Waals surface area contributed by atoms with Gasteiger partial charge >= 0.3 is 0 Å². The Labute approximate surface area is 117 Å². The Morgan fingerprint density at radius 3 is 2.83 bits per heavy atom. The van der Waals surface area contributed by atoms with E-state index in [1.165, 1.54) is 12.8 Å². The van der Waals surface area contributed by atoms with Gasteiger partial charge in [0.25, 0.3) is 0 Å². The minimum absolute atomic E-state index is 0.0561. The van der Waals surface area contributed by atoms with Crippen LogP contribution in [0, 0.1) is 5.92 Å². The number of methoxy groups -OCH3 is 1. The second-order valence-electron chi connectivity index (χ2n) is 4.92. The van der Waals surface area contributed by atoms with Crippen LogP contribution in [0.3, 0.4) is 0 Å². The lowest BCUT2D eigenvalue weighted by Gasteiger charge is -2.26. The highest BCUT2D eigenvalue weighted by Gasteiger charge is 2.19. The van der Waals surface area contributed by atoms with E-state index in [1.54, 1.807) is 7.11 Å². The predicted octanol–water partition coefficient (Wildman–Crippen LogP) is 2.85. The molecular weight excluding hydrogens is 292 g/mol. The SMILES string of the molecule is COc1ccc(Br)cc1C(N)CC1CCNCC1. The fourth-order valence-electron chi connectivity index (χ4n) is 2.60. The van der Waals surface area contributed by atoms with Crippen molar-refractivity contribution in [2.75, 3.05) is 20.2 Å². The van der Waals surface area contributed by atoms with Gasteiger partial charge in [-0.15, -0.1) is 0 Å². The Balaban J connectivity index is 2.07. The van der Waals surface area contributed by atoms with E-state index in [1.807, 2.05) is 12.1 Å². The van der Waals surface area contributed by atoms with Crippen LogP contribution in [0.2, 0.25) is 0 Å². The summed E-state index contributed by atoms with van der Waals surface area (Å²) in [4.78, 5) is 0. The molecule has 0 amide bonds. The van der Waals surface area contributed by atoms with E-state index in [2.05, 4.69) is 27.3 Å². The maximum Gasteiger partial charge on any atom is 0.123 e. The van der Waals surface area contributed by atoms with E-state index < -0.39 is 0 Å². The standard InChI is InChI=1S/C14H21BrN2O/c1-18-14-3-2-11(15)9-12(14)13(16)8-10-4-6-17-7-5-10/h2-3,9-10,13,17H,4-8,16H2,1H3. The highest BCUT2D eigenvalue weighted by Crippen LogP contribution is 2.32. The van der Waals surface area contributed by atoms with Crippen LogP contribution in [-0.2, 0) is 0 Å². The van der Waals surface area contributed by atoms with Gasteiger partial charge in [0.1, 0.15) is 5.75 Å². The van der Waals surface area contributed by atoms with Gasteiger partial charge in [0.15, 0.2) is 0 Å². The molecule has 0 saturated carbocycles. The molecule has 1 unspecified atom stereocenters. The normalized spacial score (nSPS) is 18.6. The van der Waals surface area contributed by atoms with Crippen LogP contribution in [0.15, 0.2) is 22.7 Å². The van der Waals surface area contributed by atoms with Crippen LogP contribution in [0.4, 0.5) is 0 Å². The van der Waals surface area contributed by atoms with Gasteiger partial charge in [0.2, 0.25) is 0 Å². The highest BCUT2D eigenvalue weighted by atomic mass is 79.9. The Bertz CT molecular complexity index is 391. The Kier molecular flexibility index (Phi) is 5.03. The molecule has 3 N–H and O–H groups in total. The van der Waals surface area contributed by atoms with Gasteiger partial charge in [-0.05, 0) is 56.5 Å². The number of hydrogen-bond acceptors (Lipinski definition) is 3. The van der Waals surface area contributed by atoms with Gasteiger partial charge in [0, 0.05) is 16.1 Å². The highest BCUT2D eigenvalue weighted by molar-refractivity contribution is 9.10. The van der Waals surface area contributed by atoms with Crippen molar-refractivity contribution in [2.24, 2.45) is 11.7 Å². The van der Waals surface area contributed by atoms with Gasteiger partial charge < -0.3 is 15.8 Å². The first-order chi connectivity index (χ1) is 8.70. The molecule has 1 atom stereocenters. The molecule has 0 bridgehead atoms. The van der Waals surface area contributed by atoms with Crippen LogP contribution < -0.4 is 15.8 Å². The molecule has 1 aromatic carbocycles. The van der Waals surface area contributed by atoms with Crippen molar-refractivity contribution in [3.63, 3.8) is 0 Å². The summed E-state index contributed by atoms with van der Waals surface area (Å²) in [5.41, 5.74) is 7.45. The lowest BCUT2D eigenvalue weighted by atomic mass is 9.88. The molecule has 1 aromatic rings. The summed E-state index contributed by atoms with van der Waals surface area (Å²) in [6, 6.07) is 6.09. The summed E-state index contributed by atoms with van der Waals surface area (Å²) < 4.78 is 6.45. The molecule has 1 aliphatic rings. The second kappa shape index (κ2) is 6.55. The molecule has 1 fully saturated rings. The molecule has 1 heterocycles. The summed E-state index contributed by atoms with van der Waals surface area (Å²) in [7, 11) is 1.70. The number of benzene rings is 1. The molecule has 3 nitrogen and oxygen atoms in total. The minimum Gasteiger partial charge on any atom is -0.496 e. The summed E-state index contributed by atoms with van der Waals surface area (Å²) in [5.74, 6) is 1.62. The number of hydrogen-bond donors (Lipinski definition) is 2. The molecule has 1 aliphatic heterocycles. The zero-order valence-electron chi connectivity index (χ0n) is 10.8. The van der Waals surface area contributed by atoms with Gasteiger partial charge in [0.05, 0.1) is 7.11 Å². The van der Waals surface area contributed by atoms with Crippen molar-refractivity contribution >= 4 is 15.9 Å². The van der Waals surface area contributed by atoms with Crippen LogP contribution >= 0.6 is 15.9 Å². The smallest absolute Gasteiger partial charge is 0.123 e. The Morgan fingerprint density at radius 2 is 2.17 bits per heavy atom. The molecule has 100 valence electrons. The van der Waals surface area contributed by atoms with E-state index >= 15 is 0 Å². The maximum atomic E-state index is 6.35. The molecular formula is C14H21BrN2O. The summed E-state index contributed by atoms with van der Waals surface area (Å²) in [5, 5.41) is 3.39. The molecule has 4 heteroatoms. The van der Waals surface area contributed by atoms with E-state index in [-0.39, 0.29) is 6.04 Å². The topological polar surface area (TPSA) is 47.3 Å². The van der Waals surface area contributed by atoms with Crippen molar-refractivity contribution in [1.82, 2.24) is 5.32 Å². The lowest BCUT2D eigenvalue weighted by Crippen LogP contribution is -2.29. The van der Waals surface area contributed by atoms with Crippen molar-refractivity contribution in [1.29, 1.82) is 0 Å². The molecule has 18 heavy (non-hydrogen) atoms. The molecule has 0 spiro atoms. The number of nitrogens with one attached hydrogen (secondary N) is 1. The average molecular weight is 313 g/mol. The number of nitrogens with two attached hydrogens (primary N) is 1. The summed E-state index contributed by atoms with van der Waals surface area (Å²) in [6.07, 6.45) is 3.49. The fourth-order valence-corrected chi connectivity index (χ4v) is 2.98. The van der Waals surface area contributed by atoms with Gasteiger partial charge in [-0.25, -0.2) is 0 Å². The van der Waals surface area contributed by atoms with Crippen LogP contribution in [0.1, 0.15) is 30.9 Å². The average Bonchev–Trinajstić information content (AvgIpc) is 2.40. The van der Waals surface area contributed by atoms with Crippen LogP contribution in [-0.4, -0.2) is 20.2 Å². The third kappa shape index (κ3) is 3.46. The molecule has 0 aliphatic carbocycles. The van der Waals surface area contributed by atoms with Gasteiger partial charge in [-0.1, -0.05) is 15.9 Å². The molecule has 1 saturated heterocycles. The number of ether oxygens (including phenoxy) is 1. The number of rotatable bonds is 4. The maximum absolute atomic E-state index is 6.35. The van der Waals surface area contributed by atoms with E-state index in [9.17, 15) is 0 Å². The Morgan fingerprint density at radius 1 is 1.44 bits per heavy atom. The first-order valence-corrected chi connectivity index (χ1v) is 7.29. The zero-order valence-corrected chi connectivity index (χ0v) is 12.4. The van der Waals surface area contributed by atoms with Crippen LogP contribution in [0.25, 0.3) is 0 Å². The Hall–Kier alpha value is -0.580. The first-order valence-electron chi connectivity index (χ1n) is 6.50.